The number of carbonyl (C=O) groups excluding carboxylic acids is 2. The highest BCUT2D eigenvalue weighted by Gasteiger charge is 2.18. The van der Waals surface area contributed by atoms with Crippen molar-refractivity contribution in [1.29, 1.82) is 5.26 Å². The van der Waals surface area contributed by atoms with Crippen LogP contribution < -0.4 is 14.8 Å². The van der Waals surface area contributed by atoms with Gasteiger partial charge in [-0.2, -0.15) is 5.26 Å². The van der Waals surface area contributed by atoms with E-state index >= 15 is 0 Å². The van der Waals surface area contributed by atoms with Crippen LogP contribution in [-0.2, 0) is 9.53 Å². The lowest BCUT2D eigenvalue weighted by atomic mass is 10.1. The van der Waals surface area contributed by atoms with Crippen molar-refractivity contribution in [2.75, 3.05) is 25.1 Å². The number of rotatable bonds is 9. The van der Waals surface area contributed by atoms with Crippen LogP contribution in [0.15, 0.2) is 35.2 Å². The second kappa shape index (κ2) is 10.9. The Morgan fingerprint density at radius 3 is 2.55 bits per heavy atom. The lowest BCUT2D eigenvalue weighted by molar-refractivity contribution is -0.112. The molecule has 1 amide bonds. The molecular formula is C21H22N2O5S. The van der Waals surface area contributed by atoms with Crippen molar-refractivity contribution >= 4 is 34.3 Å². The molecule has 0 fully saturated rings. The summed E-state index contributed by atoms with van der Waals surface area (Å²) in [6.45, 7) is 6.57. The first-order valence-electron chi connectivity index (χ1n) is 9.11. The van der Waals surface area contributed by atoms with Gasteiger partial charge in [-0.25, -0.2) is 4.79 Å². The SMILES string of the molecule is CCOC(=O)c1ccsc1NC(=O)/C(C#N)=C/c1ccc(OCC)cc1OCC. The zero-order chi connectivity index (χ0) is 21.2. The van der Waals surface area contributed by atoms with Gasteiger partial charge in [0.05, 0.1) is 25.4 Å². The number of amides is 1. The third-order valence-electron chi connectivity index (χ3n) is 3.65. The monoisotopic (exact) mass is 414 g/mol. The molecule has 0 saturated carbocycles. The predicted octanol–water partition coefficient (Wildman–Crippen LogP) is 4.27. The van der Waals surface area contributed by atoms with E-state index in [9.17, 15) is 14.9 Å². The highest BCUT2D eigenvalue weighted by atomic mass is 32.1. The lowest BCUT2D eigenvalue weighted by Crippen LogP contribution is -2.15. The van der Waals surface area contributed by atoms with Crippen LogP contribution in [0.1, 0.15) is 36.7 Å². The van der Waals surface area contributed by atoms with E-state index in [1.807, 2.05) is 19.9 Å². The molecule has 2 rings (SSSR count). The summed E-state index contributed by atoms with van der Waals surface area (Å²) in [5, 5.41) is 14.1. The molecule has 1 aromatic carbocycles. The van der Waals surface area contributed by atoms with Crippen LogP contribution in [0.5, 0.6) is 11.5 Å². The van der Waals surface area contributed by atoms with Crippen molar-refractivity contribution in [1.82, 2.24) is 0 Å². The van der Waals surface area contributed by atoms with Crippen LogP contribution >= 0.6 is 11.3 Å². The summed E-state index contributed by atoms with van der Waals surface area (Å²) in [7, 11) is 0. The number of nitriles is 1. The molecule has 7 nitrogen and oxygen atoms in total. The highest BCUT2D eigenvalue weighted by Crippen LogP contribution is 2.28. The molecule has 1 N–H and O–H groups in total. The fourth-order valence-corrected chi connectivity index (χ4v) is 3.19. The van der Waals surface area contributed by atoms with Crippen LogP contribution in [0, 0.1) is 11.3 Å². The number of ether oxygens (including phenoxy) is 3. The van der Waals surface area contributed by atoms with Crippen LogP contribution in [0.25, 0.3) is 6.08 Å². The number of hydrogen-bond acceptors (Lipinski definition) is 7. The van der Waals surface area contributed by atoms with Crippen LogP contribution in [-0.4, -0.2) is 31.7 Å². The Morgan fingerprint density at radius 2 is 1.90 bits per heavy atom. The minimum absolute atomic E-state index is 0.127. The molecule has 29 heavy (non-hydrogen) atoms. The molecule has 0 aliphatic rings. The summed E-state index contributed by atoms with van der Waals surface area (Å²) in [6.07, 6.45) is 1.44. The number of carbonyl (C=O) groups is 2. The molecule has 0 spiro atoms. The van der Waals surface area contributed by atoms with Crippen molar-refractivity contribution in [3.8, 4) is 17.6 Å². The summed E-state index contributed by atoms with van der Waals surface area (Å²) in [5.74, 6) is -0.0235. The maximum Gasteiger partial charge on any atom is 0.341 e. The average Bonchev–Trinajstić information content (AvgIpc) is 3.16. The van der Waals surface area contributed by atoms with E-state index in [1.54, 1.807) is 36.6 Å². The van der Waals surface area contributed by atoms with E-state index in [2.05, 4.69) is 5.32 Å². The Kier molecular flexibility index (Phi) is 8.25. The molecule has 8 heteroatoms. The Morgan fingerprint density at radius 1 is 1.14 bits per heavy atom. The maximum atomic E-state index is 12.6. The number of thiophene rings is 1. The van der Waals surface area contributed by atoms with E-state index in [1.165, 1.54) is 17.4 Å². The summed E-state index contributed by atoms with van der Waals surface area (Å²) in [5.41, 5.74) is 0.690. The molecule has 1 heterocycles. The standard InChI is InChI=1S/C21H22N2O5S/c1-4-26-16-8-7-14(18(12-16)27-5-2)11-15(13-22)19(24)23-20-17(9-10-29-20)21(25)28-6-3/h7-12H,4-6H2,1-3H3,(H,23,24)/b15-11+. The van der Waals surface area contributed by atoms with Gasteiger partial charge in [-0.15, -0.1) is 11.3 Å². The van der Waals surface area contributed by atoms with Crippen molar-refractivity contribution in [3.63, 3.8) is 0 Å². The number of nitrogens with one attached hydrogen (secondary N) is 1. The fraction of sp³-hybridized carbons (Fsp3) is 0.286. The summed E-state index contributed by atoms with van der Waals surface area (Å²) >= 11 is 1.17. The molecule has 0 unspecified atom stereocenters. The van der Waals surface area contributed by atoms with Gasteiger partial charge >= 0.3 is 5.97 Å². The smallest absolute Gasteiger partial charge is 0.341 e. The second-order valence-electron chi connectivity index (χ2n) is 5.57. The molecular weight excluding hydrogens is 392 g/mol. The highest BCUT2D eigenvalue weighted by molar-refractivity contribution is 7.14. The van der Waals surface area contributed by atoms with Gasteiger partial charge in [0, 0.05) is 11.6 Å². The summed E-state index contributed by atoms with van der Waals surface area (Å²) < 4.78 is 16.0. The van der Waals surface area contributed by atoms with E-state index in [-0.39, 0.29) is 17.7 Å². The quantitative estimate of drug-likeness (QED) is 0.374. The number of hydrogen-bond donors (Lipinski definition) is 1. The topological polar surface area (TPSA) is 97.7 Å². The molecule has 152 valence electrons. The number of esters is 1. The fourth-order valence-electron chi connectivity index (χ4n) is 2.42. The average molecular weight is 414 g/mol. The number of benzene rings is 1. The van der Waals surface area contributed by atoms with Gasteiger partial charge in [0.15, 0.2) is 0 Å². The Hall–Kier alpha value is -3.31. The van der Waals surface area contributed by atoms with Crippen molar-refractivity contribution in [2.45, 2.75) is 20.8 Å². The maximum absolute atomic E-state index is 12.6. The van der Waals surface area contributed by atoms with Gasteiger partial charge in [-0.1, -0.05) is 0 Å². The minimum Gasteiger partial charge on any atom is -0.494 e. The Balaban J connectivity index is 2.28. The van der Waals surface area contributed by atoms with Gasteiger partial charge in [0.25, 0.3) is 5.91 Å². The normalized spacial score (nSPS) is 10.8. The largest absolute Gasteiger partial charge is 0.494 e. The van der Waals surface area contributed by atoms with Crippen molar-refractivity contribution < 1.29 is 23.8 Å². The molecule has 1 aromatic heterocycles. The van der Waals surface area contributed by atoms with Gasteiger partial charge in [0.1, 0.15) is 28.1 Å². The van der Waals surface area contributed by atoms with Crippen molar-refractivity contribution in [3.05, 3.63) is 46.3 Å². The second-order valence-corrected chi connectivity index (χ2v) is 6.49. The first-order valence-corrected chi connectivity index (χ1v) is 9.99. The summed E-state index contributed by atoms with van der Waals surface area (Å²) in [6, 6.07) is 8.63. The zero-order valence-corrected chi connectivity index (χ0v) is 17.3. The number of anilines is 1. The van der Waals surface area contributed by atoms with E-state index in [4.69, 9.17) is 14.2 Å². The molecule has 2 aromatic rings. The first-order chi connectivity index (χ1) is 14.0. The van der Waals surface area contributed by atoms with Gasteiger partial charge < -0.3 is 19.5 Å². The molecule has 0 radical (unpaired) electrons. The minimum atomic E-state index is -0.628. The third-order valence-corrected chi connectivity index (χ3v) is 4.48. The van der Waals surface area contributed by atoms with Crippen LogP contribution in [0.2, 0.25) is 0 Å². The molecule has 0 aliphatic carbocycles. The lowest BCUT2D eigenvalue weighted by Gasteiger charge is -2.11. The van der Waals surface area contributed by atoms with E-state index < -0.39 is 11.9 Å². The molecule has 0 bridgehead atoms. The third kappa shape index (κ3) is 5.83. The number of nitrogens with zero attached hydrogens (tertiary/aromatic N) is 1. The van der Waals surface area contributed by atoms with E-state index in [0.717, 1.165) is 0 Å². The van der Waals surface area contributed by atoms with Crippen LogP contribution in [0.4, 0.5) is 5.00 Å². The molecule has 0 atom stereocenters. The van der Waals surface area contributed by atoms with Crippen LogP contribution in [0.3, 0.4) is 0 Å². The molecule has 0 aliphatic heterocycles. The van der Waals surface area contributed by atoms with Gasteiger partial charge in [-0.3, -0.25) is 4.79 Å². The molecule has 0 saturated heterocycles. The Bertz CT molecular complexity index is 943. The zero-order valence-electron chi connectivity index (χ0n) is 16.5. The predicted molar refractivity (Wildman–Crippen MR) is 111 cm³/mol. The summed E-state index contributed by atoms with van der Waals surface area (Å²) in [4.78, 5) is 24.6. The first kappa shape index (κ1) is 22.0. The van der Waals surface area contributed by atoms with E-state index in [0.29, 0.717) is 35.3 Å². The van der Waals surface area contributed by atoms with Gasteiger partial charge in [-0.05, 0) is 50.4 Å². The Labute approximate surface area is 173 Å². The van der Waals surface area contributed by atoms with Crippen molar-refractivity contribution in [2.24, 2.45) is 0 Å². The van der Waals surface area contributed by atoms with Gasteiger partial charge in [0.2, 0.25) is 0 Å².